The van der Waals surface area contributed by atoms with Crippen LogP contribution in [0.15, 0.2) is 48.9 Å². The van der Waals surface area contributed by atoms with E-state index in [2.05, 4.69) is 14.8 Å². The van der Waals surface area contributed by atoms with Gasteiger partial charge in [0.1, 0.15) is 11.3 Å². The molecule has 0 aliphatic carbocycles. The lowest BCUT2D eigenvalue weighted by Crippen LogP contribution is -2.18. The highest BCUT2D eigenvalue weighted by Crippen LogP contribution is 2.39. The van der Waals surface area contributed by atoms with Gasteiger partial charge in [-0.05, 0) is 43.2 Å². The van der Waals surface area contributed by atoms with Crippen LogP contribution in [0.3, 0.4) is 0 Å². The summed E-state index contributed by atoms with van der Waals surface area (Å²) < 4.78 is 59.3. The standard InChI is InChI=1S/C20H14F4N4O/c21-14-5-3-12(10-16(14)29-20(22,23)24)19-18(15-2-1-8-28(15)26-19)13-4-6-17-25-7-9-27(17)11-13/h3-7,9-11H,1-2,8H2. The molecule has 0 saturated heterocycles. The van der Waals surface area contributed by atoms with Crippen LogP contribution in [0.2, 0.25) is 0 Å². The first-order valence-electron chi connectivity index (χ1n) is 8.97. The summed E-state index contributed by atoms with van der Waals surface area (Å²) in [6.45, 7) is 0.725. The van der Waals surface area contributed by atoms with E-state index in [1.165, 1.54) is 6.07 Å². The topological polar surface area (TPSA) is 44.4 Å². The first-order valence-corrected chi connectivity index (χ1v) is 8.97. The summed E-state index contributed by atoms with van der Waals surface area (Å²) in [5, 5.41) is 4.60. The maximum atomic E-state index is 13.9. The average Bonchev–Trinajstić information content (AvgIpc) is 3.36. The Balaban J connectivity index is 1.68. The molecule has 0 atom stereocenters. The number of hydrogen-bond acceptors (Lipinski definition) is 3. The van der Waals surface area contributed by atoms with E-state index in [1.54, 1.807) is 6.20 Å². The van der Waals surface area contributed by atoms with Crippen molar-refractivity contribution in [2.45, 2.75) is 25.7 Å². The summed E-state index contributed by atoms with van der Waals surface area (Å²) in [7, 11) is 0. The molecule has 0 unspecified atom stereocenters. The van der Waals surface area contributed by atoms with Crippen molar-refractivity contribution in [1.82, 2.24) is 19.2 Å². The van der Waals surface area contributed by atoms with Gasteiger partial charge in [0.25, 0.3) is 0 Å². The van der Waals surface area contributed by atoms with E-state index < -0.39 is 17.9 Å². The van der Waals surface area contributed by atoms with Crippen molar-refractivity contribution in [1.29, 1.82) is 0 Å². The molecule has 0 saturated carbocycles. The number of aryl methyl sites for hydroxylation is 1. The SMILES string of the molecule is Fc1ccc(-c2nn3c(c2-c2ccc4nccn4c2)CCC3)cc1OC(F)(F)F. The summed E-state index contributed by atoms with van der Waals surface area (Å²) in [6.07, 6.45) is 2.16. The van der Waals surface area contributed by atoms with E-state index in [0.717, 1.165) is 54.0 Å². The van der Waals surface area contributed by atoms with Crippen molar-refractivity contribution in [3.8, 4) is 28.1 Å². The van der Waals surface area contributed by atoms with E-state index in [9.17, 15) is 17.6 Å². The molecule has 0 spiro atoms. The summed E-state index contributed by atoms with van der Waals surface area (Å²) in [4.78, 5) is 4.23. The third-order valence-electron chi connectivity index (χ3n) is 4.95. The smallest absolute Gasteiger partial charge is 0.403 e. The second-order valence-electron chi connectivity index (χ2n) is 6.80. The molecule has 4 aromatic rings. The van der Waals surface area contributed by atoms with Crippen LogP contribution in [0, 0.1) is 5.82 Å². The first-order chi connectivity index (χ1) is 13.9. The van der Waals surface area contributed by atoms with E-state index in [1.807, 2.05) is 33.6 Å². The molecule has 5 rings (SSSR count). The van der Waals surface area contributed by atoms with Crippen LogP contribution in [0.1, 0.15) is 12.1 Å². The number of ether oxygens (including phenoxy) is 1. The van der Waals surface area contributed by atoms with Gasteiger partial charge in [-0.1, -0.05) is 0 Å². The van der Waals surface area contributed by atoms with Gasteiger partial charge >= 0.3 is 6.36 Å². The second-order valence-corrected chi connectivity index (χ2v) is 6.80. The fraction of sp³-hybridized carbons (Fsp3) is 0.200. The van der Waals surface area contributed by atoms with Crippen LogP contribution in [0.5, 0.6) is 5.75 Å². The maximum Gasteiger partial charge on any atom is 0.573 e. The molecule has 148 valence electrons. The van der Waals surface area contributed by atoms with Crippen LogP contribution < -0.4 is 4.74 Å². The van der Waals surface area contributed by atoms with Gasteiger partial charge in [-0.15, -0.1) is 13.2 Å². The molecule has 0 N–H and O–H groups in total. The zero-order valence-electron chi connectivity index (χ0n) is 14.9. The number of imidazole rings is 1. The quantitative estimate of drug-likeness (QED) is 0.460. The van der Waals surface area contributed by atoms with E-state index in [0.29, 0.717) is 11.3 Å². The Labute approximate surface area is 162 Å². The third-order valence-corrected chi connectivity index (χ3v) is 4.95. The van der Waals surface area contributed by atoms with Gasteiger partial charge in [0.05, 0.1) is 0 Å². The molecular formula is C20H14F4N4O. The van der Waals surface area contributed by atoms with Crippen molar-refractivity contribution in [3.05, 3.63) is 60.4 Å². The summed E-state index contributed by atoms with van der Waals surface area (Å²) in [5.74, 6) is -1.96. The summed E-state index contributed by atoms with van der Waals surface area (Å²) in [5.41, 5.74) is 4.31. The average molecular weight is 402 g/mol. The predicted octanol–water partition coefficient (Wildman–Crippen LogP) is 4.85. The molecule has 4 heterocycles. The minimum absolute atomic E-state index is 0.355. The minimum atomic E-state index is -4.98. The molecule has 1 aliphatic heterocycles. The number of benzene rings is 1. The van der Waals surface area contributed by atoms with Gasteiger partial charge in [0.15, 0.2) is 11.6 Å². The molecule has 29 heavy (non-hydrogen) atoms. The molecule has 0 amide bonds. The van der Waals surface area contributed by atoms with Crippen LogP contribution in [-0.2, 0) is 13.0 Å². The molecule has 0 radical (unpaired) electrons. The van der Waals surface area contributed by atoms with Gasteiger partial charge in [0, 0.05) is 47.5 Å². The molecule has 3 aromatic heterocycles. The molecule has 9 heteroatoms. The predicted molar refractivity (Wildman–Crippen MR) is 96.8 cm³/mol. The van der Waals surface area contributed by atoms with Crippen LogP contribution >= 0.6 is 0 Å². The maximum absolute atomic E-state index is 13.9. The molecule has 5 nitrogen and oxygen atoms in total. The third kappa shape index (κ3) is 3.12. The number of fused-ring (bicyclic) bond motifs is 2. The summed E-state index contributed by atoms with van der Waals surface area (Å²) >= 11 is 0. The number of rotatable bonds is 3. The number of nitrogens with zero attached hydrogens (tertiary/aromatic N) is 4. The number of pyridine rings is 1. The van der Waals surface area contributed by atoms with E-state index in [-0.39, 0.29) is 0 Å². The first kappa shape index (κ1) is 17.7. The van der Waals surface area contributed by atoms with Crippen molar-refractivity contribution < 1.29 is 22.3 Å². The Hall–Kier alpha value is -3.36. The zero-order valence-corrected chi connectivity index (χ0v) is 14.9. The molecule has 0 fully saturated rings. The van der Waals surface area contributed by atoms with Crippen LogP contribution in [0.25, 0.3) is 28.0 Å². The highest BCUT2D eigenvalue weighted by atomic mass is 19.4. The van der Waals surface area contributed by atoms with E-state index >= 15 is 0 Å². The van der Waals surface area contributed by atoms with Crippen LogP contribution in [-0.4, -0.2) is 25.5 Å². The lowest BCUT2D eigenvalue weighted by Gasteiger charge is -2.11. The fourth-order valence-electron chi connectivity index (χ4n) is 3.76. The highest BCUT2D eigenvalue weighted by molar-refractivity contribution is 5.83. The second kappa shape index (κ2) is 6.33. The van der Waals surface area contributed by atoms with Crippen molar-refractivity contribution in [3.63, 3.8) is 0 Å². The van der Waals surface area contributed by atoms with Gasteiger partial charge in [-0.25, -0.2) is 9.37 Å². The normalized spacial score (nSPS) is 13.8. The molecular weight excluding hydrogens is 388 g/mol. The monoisotopic (exact) mass is 402 g/mol. The molecule has 1 aromatic carbocycles. The fourth-order valence-corrected chi connectivity index (χ4v) is 3.76. The Kier molecular flexibility index (Phi) is 3.87. The molecule has 0 bridgehead atoms. The zero-order chi connectivity index (χ0) is 20.2. The number of aromatic nitrogens is 4. The van der Waals surface area contributed by atoms with Gasteiger partial charge in [0.2, 0.25) is 0 Å². The van der Waals surface area contributed by atoms with E-state index in [4.69, 9.17) is 0 Å². The van der Waals surface area contributed by atoms with Crippen LogP contribution in [0.4, 0.5) is 17.6 Å². The van der Waals surface area contributed by atoms with Gasteiger partial charge < -0.3 is 9.14 Å². The van der Waals surface area contributed by atoms with Gasteiger partial charge in [-0.2, -0.15) is 5.10 Å². The lowest BCUT2D eigenvalue weighted by atomic mass is 9.99. The minimum Gasteiger partial charge on any atom is -0.403 e. The number of alkyl halides is 3. The Bertz CT molecular complexity index is 1230. The summed E-state index contributed by atoms with van der Waals surface area (Å²) in [6, 6.07) is 7.18. The molecule has 1 aliphatic rings. The lowest BCUT2D eigenvalue weighted by molar-refractivity contribution is -0.275. The number of hydrogen-bond donors (Lipinski definition) is 0. The Morgan fingerprint density at radius 1 is 1.07 bits per heavy atom. The van der Waals surface area contributed by atoms with Crippen molar-refractivity contribution in [2.75, 3.05) is 0 Å². The van der Waals surface area contributed by atoms with Gasteiger partial charge in [-0.3, -0.25) is 4.68 Å². The highest BCUT2D eigenvalue weighted by Gasteiger charge is 2.33. The number of halogens is 4. The largest absolute Gasteiger partial charge is 0.573 e. The van der Waals surface area contributed by atoms with Crippen molar-refractivity contribution >= 4 is 5.65 Å². The Morgan fingerprint density at radius 3 is 2.72 bits per heavy atom. The van der Waals surface area contributed by atoms with Crippen molar-refractivity contribution in [2.24, 2.45) is 0 Å². The Morgan fingerprint density at radius 2 is 1.90 bits per heavy atom.